The molecule has 0 spiro atoms. The monoisotopic (exact) mass is 408 g/mol. The van der Waals surface area contributed by atoms with Gasteiger partial charge in [-0.1, -0.05) is 29.8 Å². The van der Waals surface area contributed by atoms with Crippen LogP contribution in [0.25, 0.3) is 0 Å². The van der Waals surface area contributed by atoms with Crippen molar-refractivity contribution in [1.82, 2.24) is 9.88 Å². The number of anilines is 1. The summed E-state index contributed by atoms with van der Waals surface area (Å²) in [6.07, 6.45) is 4.01. The minimum atomic E-state index is 0.175. The second kappa shape index (κ2) is 7.97. The molecule has 3 heterocycles. The van der Waals surface area contributed by atoms with Crippen molar-refractivity contribution < 1.29 is 0 Å². The van der Waals surface area contributed by atoms with Gasteiger partial charge in [-0.25, -0.2) is 4.99 Å². The quantitative estimate of drug-likeness (QED) is 0.701. The molecule has 150 valence electrons. The molecular weight excluding hydrogens is 384 g/mol. The topological polar surface area (TPSA) is 90.4 Å². The van der Waals surface area contributed by atoms with Crippen LogP contribution in [0.15, 0.2) is 52.9 Å². The molecule has 1 saturated heterocycles. The third-order valence-corrected chi connectivity index (χ3v) is 5.87. The standard InChI is InChI=1S/C22H25ClN6/c1-13(24)20-22(25)27-19-11-18(14-7-9-29(2)10-8-14)26-12-16(19)21(28-20)15-5-3-4-6-17(15)23/h3-6,11-12,14H,7-10,24H2,1-2H3,(H2,25,27)/b20-13+. The zero-order valence-corrected chi connectivity index (χ0v) is 17.4. The molecule has 4 rings (SSSR count). The lowest BCUT2D eigenvalue weighted by Gasteiger charge is -2.29. The molecule has 0 aliphatic carbocycles. The number of hydrogen-bond donors (Lipinski definition) is 3. The van der Waals surface area contributed by atoms with Crippen molar-refractivity contribution in [3.05, 3.63) is 69.8 Å². The van der Waals surface area contributed by atoms with Gasteiger partial charge in [0.05, 0.1) is 11.4 Å². The summed E-state index contributed by atoms with van der Waals surface area (Å²) in [5.41, 5.74) is 11.1. The Bertz CT molecular complexity index is 1010. The number of amidine groups is 1. The number of halogens is 1. The summed E-state index contributed by atoms with van der Waals surface area (Å²) >= 11 is 6.48. The van der Waals surface area contributed by atoms with E-state index in [1.54, 1.807) is 6.92 Å². The third kappa shape index (κ3) is 3.91. The lowest BCUT2D eigenvalue weighted by molar-refractivity contribution is 0.253. The highest BCUT2D eigenvalue weighted by atomic mass is 35.5. The minimum Gasteiger partial charge on any atom is -0.400 e. The molecule has 2 aromatic rings. The summed E-state index contributed by atoms with van der Waals surface area (Å²) in [4.78, 5) is 11.9. The Hall–Kier alpha value is -2.70. The molecule has 2 aliphatic heterocycles. The van der Waals surface area contributed by atoms with E-state index >= 15 is 0 Å². The fourth-order valence-electron chi connectivity index (χ4n) is 3.86. The maximum atomic E-state index is 8.48. The summed E-state index contributed by atoms with van der Waals surface area (Å²) in [5.74, 6) is 0.594. The van der Waals surface area contributed by atoms with Gasteiger partial charge in [-0.15, -0.1) is 0 Å². The summed E-state index contributed by atoms with van der Waals surface area (Å²) in [5, 5.41) is 12.3. The van der Waals surface area contributed by atoms with E-state index in [0.717, 1.165) is 48.4 Å². The second-order valence-corrected chi connectivity index (χ2v) is 8.11. The van der Waals surface area contributed by atoms with Gasteiger partial charge in [0.15, 0.2) is 5.84 Å². The zero-order chi connectivity index (χ0) is 20.5. The van der Waals surface area contributed by atoms with Crippen LogP contribution in [0.5, 0.6) is 0 Å². The Kier molecular flexibility index (Phi) is 5.39. The largest absolute Gasteiger partial charge is 0.400 e. The van der Waals surface area contributed by atoms with Crippen LogP contribution < -0.4 is 11.1 Å². The van der Waals surface area contributed by atoms with Crippen LogP contribution in [-0.2, 0) is 0 Å². The summed E-state index contributed by atoms with van der Waals surface area (Å²) in [7, 11) is 2.15. The lowest BCUT2D eigenvalue weighted by atomic mass is 9.92. The third-order valence-electron chi connectivity index (χ3n) is 5.54. The van der Waals surface area contributed by atoms with Crippen molar-refractivity contribution >= 4 is 28.8 Å². The van der Waals surface area contributed by atoms with Crippen LogP contribution in [0.4, 0.5) is 5.69 Å². The molecule has 6 nitrogen and oxygen atoms in total. The number of nitrogens with zero attached hydrogens (tertiary/aromatic N) is 3. The van der Waals surface area contributed by atoms with Gasteiger partial charge in [-0.2, -0.15) is 0 Å². The predicted octanol–water partition coefficient (Wildman–Crippen LogP) is 3.97. The van der Waals surface area contributed by atoms with Crippen LogP contribution >= 0.6 is 11.6 Å². The number of fused-ring (bicyclic) bond motifs is 1. The fraction of sp³-hybridized carbons (Fsp3) is 0.318. The number of aromatic nitrogens is 1. The maximum absolute atomic E-state index is 8.48. The average Bonchev–Trinajstić information content (AvgIpc) is 2.84. The number of rotatable bonds is 2. The first-order chi connectivity index (χ1) is 13.9. The molecule has 1 aromatic heterocycles. The SMILES string of the molecule is C/C(N)=C1\N=C(c2ccccc2Cl)c2cnc(C3CCN(C)CC3)cc2NC1=N. The molecule has 29 heavy (non-hydrogen) atoms. The van der Waals surface area contributed by atoms with E-state index in [9.17, 15) is 0 Å². The van der Waals surface area contributed by atoms with E-state index in [1.807, 2.05) is 30.5 Å². The second-order valence-electron chi connectivity index (χ2n) is 7.70. The number of benzene rings is 1. The lowest BCUT2D eigenvalue weighted by Crippen LogP contribution is -2.29. The first-order valence-electron chi connectivity index (χ1n) is 9.78. The Morgan fingerprint density at radius 1 is 1.24 bits per heavy atom. The number of nitrogens with one attached hydrogen (secondary N) is 2. The van der Waals surface area contributed by atoms with Gasteiger partial charge in [-0.05, 0) is 52.0 Å². The number of pyridine rings is 1. The van der Waals surface area contributed by atoms with Crippen molar-refractivity contribution in [2.45, 2.75) is 25.7 Å². The molecule has 0 radical (unpaired) electrons. The average molecular weight is 409 g/mol. The first kappa shape index (κ1) is 19.6. The highest BCUT2D eigenvalue weighted by Crippen LogP contribution is 2.33. The van der Waals surface area contributed by atoms with Crippen molar-refractivity contribution in [2.24, 2.45) is 10.7 Å². The Balaban J connectivity index is 1.83. The molecular formula is C22H25ClN6. The molecule has 0 saturated carbocycles. The van der Waals surface area contributed by atoms with E-state index in [1.165, 1.54) is 0 Å². The van der Waals surface area contributed by atoms with Gasteiger partial charge in [0.25, 0.3) is 0 Å². The van der Waals surface area contributed by atoms with Crippen LogP contribution in [0.3, 0.4) is 0 Å². The highest BCUT2D eigenvalue weighted by Gasteiger charge is 2.25. The van der Waals surface area contributed by atoms with Gasteiger partial charge in [0, 0.05) is 39.7 Å². The predicted molar refractivity (Wildman–Crippen MR) is 119 cm³/mol. The first-order valence-corrected chi connectivity index (χ1v) is 10.2. The Morgan fingerprint density at radius 2 is 1.97 bits per heavy atom. The molecule has 1 fully saturated rings. The number of piperidine rings is 1. The van der Waals surface area contributed by atoms with Crippen LogP contribution in [0.2, 0.25) is 5.02 Å². The summed E-state index contributed by atoms with van der Waals surface area (Å²) < 4.78 is 0. The van der Waals surface area contributed by atoms with Crippen molar-refractivity contribution in [3.63, 3.8) is 0 Å². The highest BCUT2D eigenvalue weighted by molar-refractivity contribution is 6.36. The van der Waals surface area contributed by atoms with Gasteiger partial charge < -0.3 is 16.0 Å². The van der Waals surface area contributed by atoms with Gasteiger partial charge in [0.1, 0.15) is 5.70 Å². The summed E-state index contributed by atoms with van der Waals surface area (Å²) in [6.45, 7) is 3.88. The molecule has 1 aromatic carbocycles. The smallest absolute Gasteiger partial charge is 0.150 e. The van der Waals surface area contributed by atoms with Crippen molar-refractivity contribution in [2.75, 3.05) is 25.5 Å². The van der Waals surface area contributed by atoms with Crippen molar-refractivity contribution in [1.29, 1.82) is 5.41 Å². The minimum absolute atomic E-state index is 0.175. The van der Waals surface area contributed by atoms with Crippen LogP contribution in [-0.4, -0.2) is 41.6 Å². The van der Waals surface area contributed by atoms with Crippen LogP contribution in [0.1, 0.15) is 42.5 Å². The van der Waals surface area contributed by atoms with E-state index in [0.29, 0.717) is 28.0 Å². The zero-order valence-electron chi connectivity index (χ0n) is 16.7. The molecule has 0 unspecified atom stereocenters. The summed E-state index contributed by atoms with van der Waals surface area (Å²) in [6, 6.07) is 9.62. The Morgan fingerprint density at radius 3 is 2.66 bits per heavy atom. The normalized spacial score (nSPS) is 19.8. The van der Waals surface area contributed by atoms with Gasteiger partial charge >= 0.3 is 0 Å². The molecule has 0 atom stereocenters. The van der Waals surface area contributed by atoms with Gasteiger partial charge in [-0.3, -0.25) is 10.4 Å². The number of allylic oxidation sites excluding steroid dienone is 1. The number of hydrogen-bond acceptors (Lipinski definition) is 5. The van der Waals surface area contributed by atoms with E-state index < -0.39 is 0 Å². The van der Waals surface area contributed by atoms with Gasteiger partial charge in [0.2, 0.25) is 0 Å². The molecule has 0 amide bonds. The fourth-order valence-corrected chi connectivity index (χ4v) is 4.08. The molecule has 0 bridgehead atoms. The maximum Gasteiger partial charge on any atom is 0.150 e. The van der Waals surface area contributed by atoms with Crippen LogP contribution in [0, 0.1) is 5.41 Å². The van der Waals surface area contributed by atoms with E-state index in [-0.39, 0.29) is 5.84 Å². The van der Waals surface area contributed by atoms with Crippen molar-refractivity contribution in [3.8, 4) is 0 Å². The molecule has 7 heteroatoms. The van der Waals surface area contributed by atoms with E-state index in [4.69, 9.17) is 32.7 Å². The number of aliphatic imine (C=N–C) groups is 1. The Labute approximate surface area is 176 Å². The molecule has 4 N–H and O–H groups in total. The number of nitrogens with two attached hydrogens (primary N) is 1. The molecule has 2 aliphatic rings. The number of likely N-dealkylation sites (tertiary alicyclic amines) is 1. The van der Waals surface area contributed by atoms with E-state index in [2.05, 4.69) is 23.3 Å².